The van der Waals surface area contributed by atoms with Crippen molar-refractivity contribution in [2.24, 2.45) is 0 Å². The number of benzene rings is 2. The van der Waals surface area contributed by atoms with E-state index in [1.54, 1.807) is 18.2 Å². The molecule has 0 bridgehead atoms. The summed E-state index contributed by atoms with van der Waals surface area (Å²) in [6.45, 7) is 0. The molecule has 24 heavy (non-hydrogen) atoms. The lowest BCUT2D eigenvalue weighted by Gasteiger charge is -2.11. The quantitative estimate of drug-likeness (QED) is 0.763. The molecule has 8 heteroatoms. The number of rotatable bonds is 4. The maximum absolute atomic E-state index is 12.1. The third kappa shape index (κ3) is 3.43. The molecule has 0 spiro atoms. The molecule has 1 aromatic heterocycles. The fourth-order valence-electron chi connectivity index (χ4n) is 2.27. The molecule has 0 amide bonds. The number of H-pyrrole nitrogens is 1. The van der Waals surface area contributed by atoms with Gasteiger partial charge in [-0.1, -0.05) is 12.1 Å². The summed E-state index contributed by atoms with van der Waals surface area (Å²) in [5, 5.41) is 10.4. The number of imidazole rings is 1. The fourth-order valence-corrected chi connectivity index (χ4v) is 2.27. The van der Waals surface area contributed by atoms with Gasteiger partial charge in [-0.2, -0.15) is 0 Å². The number of alkyl halides is 3. The second-order valence-corrected chi connectivity index (χ2v) is 5.02. The first-order valence-corrected chi connectivity index (χ1v) is 6.93. The van der Waals surface area contributed by atoms with Crippen LogP contribution in [0.5, 0.6) is 11.5 Å². The van der Waals surface area contributed by atoms with Crippen LogP contribution in [0.2, 0.25) is 0 Å². The van der Waals surface area contributed by atoms with Gasteiger partial charge in [0.15, 0.2) is 0 Å². The summed E-state index contributed by atoms with van der Waals surface area (Å²) in [7, 11) is 1.54. The van der Waals surface area contributed by atoms with Crippen LogP contribution < -0.4 is 9.47 Å². The Hall–Kier alpha value is -2.74. The lowest BCUT2D eigenvalue weighted by atomic mass is 10.1. The van der Waals surface area contributed by atoms with Gasteiger partial charge in [-0.05, 0) is 29.8 Å². The van der Waals surface area contributed by atoms with Crippen molar-refractivity contribution in [1.82, 2.24) is 9.97 Å². The van der Waals surface area contributed by atoms with Gasteiger partial charge in [-0.25, -0.2) is 4.98 Å². The minimum Gasteiger partial charge on any atom is -0.497 e. The zero-order valence-corrected chi connectivity index (χ0v) is 12.5. The monoisotopic (exact) mass is 338 g/mol. The maximum atomic E-state index is 12.1. The van der Waals surface area contributed by atoms with E-state index < -0.39 is 12.5 Å². The maximum Gasteiger partial charge on any atom is 0.573 e. The third-order valence-electron chi connectivity index (χ3n) is 3.40. The van der Waals surface area contributed by atoms with Gasteiger partial charge in [-0.15, -0.1) is 13.2 Å². The van der Waals surface area contributed by atoms with E-state index in [4.69, 9.17) is 4.74 Å². The normalized spacial score (nSPS) is 13.0. The highest BCUT2D eigenvalue weighted by molar-refractivity contribution is 5.77. The van der Waals surface area contributed by atoms with Crippen LogP contribution in [0.3, 0.4) is 0 Å². The molecular formula is C16H13F3N2O3. The van der Waals surface area contributed by atoms with E-state index in [0.717, 1.165) is 12.1 Å². The van der Waals surface area contributed by atoms with E-state index in [9.17, 15) is 18.3 Å². The van der Waals surface area contributed by atoms with Crippen LogP contribution in [0.15, 0.2) is 42.5 Å². The fraction of sp³-hybridized carbons (Fsp3) is 0.188. The van der Waals surface area contributed by atoms with Crippen LogP contribution in [-0.4, -0.2) is 28.5 Å². The number of ether oxygens (including phenoxy) is 2. The minimum absolute atomic E-state index is 0.280. The summed E-state index contributed by atoms with van der Waals surface area (Å²) in [5.74, 6) is 0.555. The highest BCUT2D eigenvalue weighted by atomic mass is 19.4. The van der Waals surface area contributed by atoms with Gasteiger partial charge in [0.1, 0.15) is 23.4 Å². The van der Waals surface area contributed by atoms with E-state index in [1.807, 2.05) is 0 Å². The van der Waals surface area contributed by atoms with Crippen molar-refractivity contribution in [2.75, 3.05) is 7.11 Å². The molecule has 0 aliphatic heterocycles. The minimum atomic E-state index is -4.75. The van der Waals surface area contributed by atoms with Gasteiger partial charge in [0.2, 0.25) is 0 Å². The average molecular weight is 338 g/mol. The first-order valence-electron chi connectivity index (χ1n) is 6.93. The summed E-state index contributed by atoms with van der Waals surface area (Å²) in [5.41, 5.74) is 1.71. The van der Waals surface area contributed by atoms with Crippen LogP contribution in [0.1, 0.15) is 17.5 Å². The van der Waals surface area contributed by atoms with Crippen molar-refractivity contribution in [3.8, 4) is 11.5 Å². The molecule has 0 aliphatic rings. The molecular weight excluding hydrogens is 325 g/mol. The summed E-state index contributed by atoms with van der Waals surface area (Å²) < 4.78 is 45.3. The topological polar surface area (TPSA) is 67.4 Å². The Morgan fingerprint density at radius 1 is 1.08 bits per heavy atom. The van der Waals surface area contributed by atoms with Crippen molar-refractivity contribution in [3.05, 3.63) is 53.9 Å². The van der Waals surface area contributed by atoms with E-state index in [1.165, 1.54) is 19.2 Å². The number of aliphatic hydroxyl groups is 1. The second-order valence-electron chi connectivity index (χ2n) is 5.02. The summed E-state index contributed by atoms with van der Waals surface area (Å²) >= 11 is 0. The Labute approximate surface area is 134 Å². The molecule has 0 saturated heterocycles. The van der Waals surface area contributed by atoms with Gasteiger partial charge in [0, 0.05) is 6.07 Å². The number of nitrogens with one attached hydrogen (secondary N) is 1. The van der Waals surface area contributed by atoms with Gasteiger partial charge in [-0.3, -0.25) is 0 Å². The number of nitrogens with zero attached hydrogens (tertiary/aromatic N) is 1. The predicted molar refractivity (Wildman–Crippen MR) is 79.8 cm³/mol. The summed E-state index contributed by atoms with van der Waals surface area (Å²) in [4.78, 5) is 7.25. The smallest absolute Gasteiger partial charge is 0.497 e. The number of aromatic amines is 1. The van der Waals surface area contributed by atoms with E-state index >= 15 is 0 Å². The Bertz CT molecular complexity index is 844. The number of hydrogen-bond acceptors (Lipinski definition) is 4. The molecule has 126 valence electrons. The number of fused-ring (bicyclic) bond motifs is 1. The number of halogens is 3. The van der Waals surface area contributed by atoms with E-state index in [0.29, 0.717) is 22.3 Å². The zero-order valence-electron chi connectivity index (χ0n) is 12.5. The first-order chi connectivity index (χ1) is 11.4. The van der Waals surface area contributed by atoms with Gasteiger partial charge in [0.25, 0.3) is 0 Å². The first kappa shape index (κ1) is 16.1. The SMILES string of the molecule is COc1ccc2[nH]c(C(O)c3ccc(OC(F)(F)F)cc3)nc2c1. The number of hydrogen-bond donors (Lipinski definition) is 2. The molecule has 0 saturated carbocycles. The molecule has 3 aromatic rings. The Balaban J connectivity index is 1.84. The van der Waals surface area contributed by atoms with Crippen LogP contribution in [-0.2, 0) is 0 Å². The lowest BCUT2D eigenvalue weighted by Crippen LogP contribution is -2.17. The molecule has 1 atom stereocenters. The molecule has 5 nitrogen and oxygen atoms in total. The second kappa shape index (κ2) is 6.04. The zero-order chi connectivity index (χ0) is 17.3. The van der Waals surface area contributed by atoms with Crippen LogP contribution in [0.25, 0.3) is 11.0 Å². The van der Waals surface area contributed by atoms with Gasteiger partial charge >= 0.3 is 6.36 Å². The Kier molecular flexibility index (Phi) is 4.06. The highest BCUT2D eigenvalue weighted by Gasteiger charge is 2.31. The highest BCUT2D eigenvalue weighted by Crippen LogP contribution is 2.27. The predicted octanol–water partition coefficient (Wildman–Crippen LogP) is 3.55. The standard InChI is InChI=1S/C16H13F3N2O3/c1-23-11-6-7-12-13(8-11)21-15(20-12)14(22)9-2-4-10(5-3-9)24-16(17,18)19/h2-8,14,22H,1H3,(H,20,21). The Morgan fingerprint density at radius 3 is 2.38 bits per heavy atom. The van der Waals surface area contributed by atoms with Gasteiger partial charge in [0.05, 0.1) is 18.1 Å². The van der Waals surface area contributed by atoms with E-state index in [-0.39, 0.29) is 11.6 Å². The third-order valence-corrected chi connectivity index (χ3v) is 3.40. The molecule has 1 unspecified atom stereocenters. The summed E-state index contributed by atoms with van der Waals surface area (Å²) in [6, 6.07) is 10.2. The molecule has 1 heterocycles. The van der Waals surface area contributed by atoms with Crippen molar-refractivity contribution in [1.29, 1.82) is 0 Å². The van der Waals surface area contributed by atoms with Gasteiger partial charge < -0.3 is 19.6 Å². The summed E-state index contributed by atoms with van der Waals surface area (Å²) in [6.07, 6.45) is -5.86. The molecule has 2 N–H and O–H groups in total. The molecule has 3 rings (SSSR count). The van der Waals surface area contributed by atoms with Crippen LogP contribution >= 0.6 is 0 Å². The van der Waals surface area contributed by atoms with Crippen LogP contribution in [0.4, 0.5) is 13.2 Å². The Morgan fingerprint density at radius 2 is 1.75 bits per heavy atom. The molecule has 0 aliphatic carbocycles. The largest absolute Gasteiger partial charge is 0.573 e. The number of methoxy groups -OCH3 is 1. The van der Waals surface area contributed by atoms with Crippen molar-refractivity contribution < 1.29 is 27.8 Å². The van der Waals surface area contributed by atoms with Crippen molar-refractivity contribution in [3.63, 3.8) is 0 Å². The lowest BCUT2D eigenvalue weighted by molar-refractivity contribution is -0.274. The van der Waals surface area contributed by atoms with Crippen molar-refractivity contribution in [2.45, 2.75) is 12.5 Å². The number of aliphatic hydroxyl groups excluding tert-OH is 1. The van der Waals surface area contributed by atoms with Crippen molar-refractivity contribution >= 4 is 11.0 Å². The molecule has 0 radical (unpaired) electrons. The molecule has 2 aromatic carbocycles. The van der Waals surface area contributed by atoms with Crippen LogP contribution in [0, 0.1) is 0 Å². The number of aromatic nitrogens is 2. The average Bonchev–Trinajstić information content (AvgIpc) is 2.96. The molecule has 0 fully saturated rings. The van der Waals surface area contributed by atoms with E-state index in [2.05, 4.69) is 14.7 Å².